The van der Waals surface area contributed by atoms with Gasteiger partial charge in [0, 0.05) is 11.0 Å². The largest absolute Gasteiger partial charge is 0.383 e. The first-order valence-electron chi connectivity index (χ1n) is 6.66. The number of allylic oxidation sites excluding steroid dienone is 1. The van der Waals surface area contributed by atoms with Gasteiger partial charge in [0.1, 0.15) is 23.7 Å². The molecule has 0 aliphatic carbocycles. The molecule has 2 N–H and O–H groups in total. The molecule has 0 fully saturated rings. The zero-order valence-corrected chi connectivity index (χ0v) is 12.7. The molecule has 0 saturated carbocycles. The van der Waals surface area contributed by atoms with Gasteiger partial charge >= 0.3 is 0 Å². The van der Waals surface area contributed by atoms with Crippen molar-refractivity contribution in [3.8, 4) is 11.5 Å². The lowest BCUT2D eigenvalue weighted by molar-refractivity contribution is 0.753. The number of fused-ring (bicyclic) bond motifs is 2. The molecule has 1 aromatic carbocycles. The second-order valence-corrected chi connectivity index (χ2v) is 5.81. The molecule has 1 aromatic rings. The van der Waals surface area contributed by atoms with Crippen molar-refractivity contribution in [1.82, 2.24) is 19.5 Å². The molecule has 3 heterocycles. The zero-order valence-electron chi connectivity index (χ0n) is 11.1. The SMILES string of the molecule is Nc1c2ncnc-2nc2n1CC/C2=C\c1ccccc1Br. The van der Waals surface area contributed by atoms with Crippen LogP contribution in [-0.2, 0) is 6.54 Å². The van der Waals surface area contributed by atoms with E-state index in [9.17, 15) is 0 Å². The Morgan fingerprint density at radius 2 is 2.10 bits per heavy atom. The van der Waals surface area contributed by atoms with Gasteiger partial charge in [0.25, 0.3) is 0 Å². The summed E-state index contributed by atoms with van der Waals surface area (Å²) in [5.41, 5.74) is 9.17. The molecule has 0 aromatic heterocycles. The van der Waals surface area contributed by atoms with Gasteiger partial charge in [-0.2, -0.15) is 0 Å². The third-order valence-electron chi connectivity index (χ3n) is 3.71. The van der Waals surface area contributed by atoms with Gasteiger partial charge < -0.3 is 10.3 Å². The second kappa shape index (κ2) is 4.66. The minimum atomic E-state index is 0.610. The molecule has 3 aliphatic rings. The summed E-state index contributed by atoms with van der Waals surface area (Å²) in [4.78, 5) is 12.9. The Bertz CT molecular complexity index is 836. The normalized spacial score (nSPS) is 15.8. The predicted molar refractivity (Wildman–Crippen MR) is 85.5 cm³/mol. The minimum absolute atomic E-state index is 0.610. The standard InChI is InChI=1S/C15H12BrN5/c16-11-4-2-1-3-9(11)7-10-5-6-21-13(17)12-14(19-8-18-12)20-15(10)21/h1-4,7-8H,5-6,17H2/b10-7+. The van der Waals surface area contributed by atoms with Crippen LogP contribution in [0.2, 0.25) is 0 Å². The molecule has 0 atom stereocenters. The first kappa shape index (κ1) is 12.5. The van der Waals surface area contributed by atoms with Crippen molar-refractivity contribution in [2.45, 2.75) is 13.0 Å². The molecule has 0 bridgehead atoms. The van der Waals surface area contributed by atoms with Crippen LogP contribution in [-0.4, -0.2) is 19.5 Å². The summed E-state index contributed by atoms with van der Waals surface area (Å²) >= 11 is 3.57. The topological polar surface area (TPSA) is 69.6 Å². The maximum absolute atomic E-state index is 6.18. The maximum Gasteiger partial charge on any atom is 0.185 e. The summed E-state index contributed by atoms with van der Waals surface area (Å²) in [6.07, 6.45) is 4.56. The molecule has 5 nitrogen and oxygen atoms in total. The van der Waals surface area contributed by atoms with Gasteiger partial charge in [-0.3, -0.25) is 0 Å². The highest BCUT2D eigenvalue weighted by molar-refractivity contribution is 9.10. The third-order valence-corrected chi connectivity index (χ3v) is 4.43. The van der Waals surface area contributed by atoms with Gasteiger partial charge in [-0.05, 0) is 29.7 Å². The Labute approximate surface area is 130 Å². The van der Waals surface area contributed by atoms with Crippen LogP contribution in [0.1, 0.15) is 17.8 Å². The monoisotopic (exact) mass is 341 g/mol. The number of aromatic nitrogens is 4. The lowest BCUT2D eigenvalue weighted by atomic mass is 10.1. The fourth-order valence-corrected chi connectivity index (χ4v) is 3.06. The van der Waals surface area contributed by atoms with Gasteiger partial charge in [-0.25, -0.2) is 15.0 Å². The molecule has 4 rings (SSSR count). The van der Waals surface area contributed by atoms with Crippen LogP contribution in [0.4, 0.5) is 5.82 Å². The lowest BCUT2D eigenvalue weighted by Crippen LogP contribution is -2.10. The summed E-state index contributed by atoms with van der Waals surface area (Å²) in [5.74, 6) is 2.14. The van der Waals surface area contributed by atoms with E-state index >= 15 is 0 Å². The van der Waals surface area contributed by atoms with Crippen molar-refractivity contribution in [3.05, 3.63) is 46.5 Å². The highest BCUT2D eigenvalue weighted by atomic mass is 79.9. The minimum Gasteiger partial charge on any atom is -0.383 e. The summed E-state index contributed by atoms with van der Waals surface area (Å²) < 4.78 is 3.08. The quantitative estimate of drug-likeness (QED) is 0.738. The van der Waals surface area contributed by atoms with E-state index in [0.717, 1.165) is 28.8 Å². The average Bonchev–Trinajstić information content (AvgIpc) is 3.10. The average molecular weight is 342 g/mol. The third kappa shape index (κ3) is 1.94. The maximum atomic E-state index is 6.18. The molecule has 6 heteroatoms. The van der Waals surface area contributed by atoms with Gasteiger partial charge in [0.05, 0.1) is 0 Å². The first-order chi connectivity index (χ1) is 10.2. The summed E-state index contributed by atoms with van der Waals surface area (Å²) in [7, 11) is 0. The van der Waals surface area contributed by atoms with Crippen LogP contribution in [0.3, 0.4) is 0 Å². The Morgan fingerprint density at radius 3 is 2.95 bits per heavy atom. The molecular formula is C15H12BrN5. The van der Waals surface area contributed by atoms with Crippen LogP contribution in [0.15, 0.2) is 35.1 Å². The predicted octanol–water partition coefficient (Wildman–Crippen LogP) is 3.07. The van der Waals surface area contributed by atoms with Gasteiger partial charge in [-0.1, -0.05) is 34.1 Å². The molecule has 0 radical (unpaired) electrons. The molecule has 0 spiro atoms. The van der Waals surface area contributed by atoms with Crippen molar-refractivity contribution in [1.29, 1.82) is 0 Å². The smallest absolute Gasteiger partial charge is 0.185 e. The van der Waals surface area contributed by atoms with Crippen molar-refractivity contribution in [3.63, 3.8) is 0 Å². The van der Waals surface area contributed by atoms with Crippen molar-refractivity contribution < 1.29 is 0 Å². The second-order valence-electron chi connectivity index (χ2n) is 4.96. The van der Waals surface area contributed by atoms with E-state index in [1.165, 1.54) is 11.9 Å². The fraction of sp³-hybridized carbons (Fsp3) is 0.133. The van der Waals surface area contributed by atoms with Gasteiger partial charge in [0.15, 0.2) is 5.82 Å². The number of nitrogens with zero attached hydrogens (tertiary/aromatic N) is 4. The highest BCUT2D eigenvalue weighted by Gasteiger charge is 2.25. The molecule has 0 amide bonds. The number of halogens is 1. The number of hydrogen-bond donors (Lipinski definition) is 1. The molecule has 0 unspecified atom stereocenters. The lowest BCUT2D eigenvalue weighted by Gasteiger charge is -2.10. The number of benzene rings is 1. The van der Waals surface area contributed by atoms with Crippen LogP contribution < -0.4 is 5.73 Å². The number of rotatable bonds is 1. The van der Waals surface area contributed by atoms with E-state index in [1.54, 1.807) is 0 Å². The fourth-order valence-electron chi connectivity index (χ4n) is 2.66. The summed E-state index contributed by atoms with van der Waals surface area (Å²) in [6, 6.07) is 8.13. The Balaban J connectivity index is 1.89. The molecular weight excluding hydrogens is 330 g/mol. The van der Waals surface area contributed by atoms with E-state index < -0.39 is 0 Å². The van der Waals surface area contributed by atoms with E-state index in [4.69, 9.17) is 5.73 Å². The number of imidazole rings is 1. The van der Waals surface area contributed by atoms with Gasteiger partial charge in [0.2, 0.25) is 0 Å². The number of hydrogen-bond acceptors (Lipinski definition) is 4. The summed E-state index contributed by atoms with van der Waals surface area (Å²) in [5, 5.41) is 0. The highest BCUT2D eigenvalue weighted by Crippen LogP contribution is 2.35. The van der Waals surface area contributed by atoms with Crippen LogP contribution in [0, 0.1) is 0 Å². The van der Waals surface area contributed by atoms with Crippen LogP contribution in [0.25, 0.3) is 23.2 Å². The Morgan fingerprint density at radius 1 is 1.24 bits per heavy atom. The number of nitrogen functional groups attached to an aromatic ring is 1. The number of nitrogens with two attached hydrogens (primary N) is 1. The van der Waals surface area contributed by atoms with Crippen LogP contribution in [0.5, 0.6) is 0 Å². The molecule has 0 saturated heterocycles. The van der Waals surface area contributed by atoms with E-state index in [-0.39, 0.29) is 0 Å². The van der Waals surface area contributed by atoms with Crippen molar-refractivity contribution >= 4 is 33.4 Å². The molecule has 3 aliphatic heterocycles. The molecule has 104 valence electrons. The van der Waals surface area contributed by atoms with Gasteiger partial charge in [-0.15, -0.1) is 0 Å². The van der Waals surface area contributed by atoms with E-state index in [2.05, 4.69) is 43.0 Å². The van der Waals surface area contributed by atoms with Crippen molar-refractivity contribution in [2.75, 3.05) is 5.73 Å². The van der Waals surface area contributed by atoms with E-state index in [0.29, 0.717) is 17.3 Å². The number of anilines is 1. The first-order valence-corrected chi connectivity index (χ1v) is 7.45. The molecule has 21 heavy (non-hydrogen) atoms. The Hall–Kier alpha value is -2.21. The van der Waals surface area contributed by atoms with Crippen molar-refractivity contribution in [2.24, 2.45) is 0 Å². The Kier molecular flexibility index (Phi) is 2.78. The van der Waals surface area contributed by atoms with E-state index in [1.807, 2.05) is 22.8 Å². The summed E-state index contributed by atoms with van der Waals surface area (Å²) in [6.45, 7) is 0.827. The van der Waals surface area contributed by atoms with Crippen LogP contribution >= 0.6 is 15.9 Å². The zero-order chi connectivity index (χ0) is 14.4.